The maximum Gasteiger partial charge on any atom is 0.274 e. The lowest BCUT2D eigenvalue weighted by Crippen LogP contribution is -2.38. The molecule has 0 bridgehead atoms. The van der Waals surface area contributed by atoms with Crippen LogP contribution in [0, 0.1) is 18.6 Å². The van der Waals surface area contributed by atoms with E-state index < -0.39 is 11.6 Å². The van der Waals surface area contributed by atoms with Crippen molar-refractivity contribution in [2.45, 2.75) is 38.3 Å². The molecule has 1 amide bonds. The number of amides is 1. The normalized spacial score (nSPS) is 20.5. The van der Waals surface area contributed by atoms with Crippen LogP contribution in [0.2, 0.25) is 0 Å². The molecule has 9 heteroatoms. The number of hydrogen-bond acceptors (Lipinski definition) is 5. The molecule has 4 rings (SSSR count). The van der Waals surface area contributed by atoms with Gasteiger partial charge >= 0.3 is 0 Å². The lowest BCUT2D eigenvalue weighted by molar-refractivity contribution is 0.0934. The van der Waals surface area contributed by atoms with Crippen LogP contribution in [0.15, 0.2) is 18.2 Å². The summed E-state index contributed by atoms with van der Waals surface area (Å²) in [6.45, 7) is 4.53. The van der Waals surface area contributed by atoms with Crippen LogP contribution in [0.3, 0.4) is 0 Å². The summed E-state index contributed by atoms with van der Waals surface area (Å²) < 4.78 is 29.8. The van der Waals surface area contributed by atoms with Crippen molar-refractivity contribution >= 4 is 11.6 Å². The Morgan fingerprint density at radius 3 is 2.64 bits per heavy atom. The van der Waals surface area contributed by atoms with E-state index in [-0.39, 0.29) is 23.7 Å². The lowest BCUT2D eigenvalue weighted by Gasteiger charge is -2.23. The van der Waals surface area contributed by atoms with Crippen molar-refractivity contribution in [3.05, 3.63) is 41.2 Å². The fraction of sp³-hybridized carbons (Fsp3) is 0.526. The molecule has 0 radical (unpaired) electrons. The number of rotatable bonds is 4. The van der Waals surface area contributed by atoms with Gasteiger partial charge in [0.2, 0.25) is 0 Å². The molecule has 2 fully saturated rings. The summed E-state index contributed by atoms with van der Waals surface area (Å²) in [6.07, 6.45) is 2.52. The molecule has 0 saturated carbocycles. The number of para-hydroxylation sites is 1. The van der Waals surface area contributed by atoms with E-state index in [0.29, 0.717) is 25.2 Å². The highest BCUT2D eigenvalue weighted by Gasteiger charge is 2.30. The molecule has 28 heavy (non-hydrogen) atoms. The van der Waals surface area contributed by atoms with E-state index in [4.69, 9.17) is 0 Å². The van der Waals surface area contributed by atoms with Gasteiger partial charge in [-0.25, -0.2) is 13.5 Å². The first-order valence-electron chi connectivity index (χ1n) is 9.67. The molecule has 0 aliphatic carbocycles. The Labute approximate surface area is 162 Å². The summed E-state index contributed by atoms with van der Waals surface area (Å²) in [5, 5.41) is 14.5. The monoisotopic (exact) mass is 390 g/mol. The number of hydrogen-bond donors (Lipinski definition) is 2. The van der Waals surface area contributed by atoms with Crippen LogP contribution in [-0.4, -0.2) is 53.1 Å². The van der Waals surface area contributed by atoms with Gasteiger partial charge in [-0.1, -0.05) is 11.3 Å². The molecule has 1 aromatic heterocycles. The van der Waals surface area contributed by atoms with Crippen molar-refractivity contribution in [1.82, 2.24) is 25.6 Å². The van der Waals surface area contributed by atoms with E-state index in [0.717, 1.165) is 31.6 Å². The molecule has 2 aliphatic heterocycles. The Morgan fingerprint density at radius 2 is 1.93 bits per heavy atom. The van der Waals surface area contributed by atoms with Crippen LogP contribution in [0.1, 0.15) is 41.5 Å². The lowest BCUT2D eigenvalue weighted by atomic mass is 10.1. The smallest absolute Gasteiger partial charge is 0.274 e. The predicted molar refractivity (Wildman–Crippen MR) is 100 cm³/mol. The van der Waals surface area contributed by atoms with Gasteiger partial charge in [0.1, 0.15) is 17.3 Å². The number of carbonyl (C=O) groups is 1. The average Bonchev–Trinajstić information content (AvgIpc) is 3.29. The van der Waals surface area contributed by atoms with Crippen molar-refractivity contribution in [3.63, 3.8) is 0 Å². The Bertz CT molecular complexity index is 844. The maximum atomic E-state index is 14.0. The Hall–Kier alpha value is -2.55. The third kappa shape index (κ3) is 3.58. The molecule has 1 atom stereocenters. The van der Waals surface area contributed by atoms with Gasteiger partial charge in [-0.15, -0.1) is 5.10 Å². The van der Waals surface area contributed by atoms with Crippen molar-refractivity contribution in [2.24, 2.45) is 0 Å². The third-order valence-corrected chi connectivity index (χ3v) is 5.57. The second-order valence-electron chi connectivity index (χ2n) is 7.42. The fourth-order valence-electron chi connectivity index (χ4n) is 4.07. The van der Waals surface area contributed by atoms with Crippen molar-refractivity contribution in [3.8, 4) is 0 Å². The van der Waals surface area contributed by atoms with Crippen LogP contribution >= 0.6 is 0 Å². The molecule has 1 aromatic carbocycles. The minimum absolute atomic E-state index is 0.0349. The van der Waals surface area contributed by atoms with Gasteiger partial charge < -0.3 is 15.5 Å². The number of piperidine rings is 1. The third-order valence-electron chi connectivity index (χ3n) is 5.57. The zero-order valence-electron chi connectivity index (χ0n) is 15.8. The summed E-state index contributed by atoms with van der Waals surface area (Å²) in [5.41, 5.74) is 1.03. The van der Waals surface area contributed by atoms with Gasteiger partial charge in [0.25, 0.3) is 5.91 Å². The van der Waals surface area contributed by atoms with Crippen LogP contribution in [0.5, 0.6) is 0 Å². The Morgan fingerprint density at radius 1 is 1.21 bits per heavy atom. The molecule has 0 spiro atoms. The van der Waals surface area contributed by atoms with Gasteiger partial charge in [-0.2, -0.15) is 0 Å². The van der Waals surface area contributed by atoms with E-state index in [2.05, 4.69) is 20.9 Å². The second kappa shape index (κ2) is 7.83. The maximum absolute atomic E-state index is 14.0. The minimum Gasteiger partial charge on any atom is -0.365 e. The zero-order chi connectivity index (χ0) is 19.7. The van der Waals surface area contributed by atoms with Gasteiger partial charge in [0, 0.05) is 19.1 Å². The molecule has 3 heterocycles. The fourth-order valence-corrected chi connectivity index (χ4v) is 4.07. The molecule has 1 unspecified atom stereocenters. The summed E-state index contributed by atoms with van der Waals surface area (Å²) in [5.74, 6) is -1.47. The summed E-state index contributed by atoms with van der Waals surface area (Å²) >= 11 is 0. The highest BCUT2D eigenvalue weighted by atomic mass is 19.1. The van der Waals surface area contributed by atoms with Gasteiger partial charge in [0.05, 0.1) is 11.7 Å². The first-order valence-corrected chi connectivity index (χ1v) is 9.67. The first-order chi connectivity index (χ1) is 13.5. The standard InChI is InChI=1S/C19H24F2N6O/c1-12-17(24-25-27(12)14-5-8-22-9-6-14)19(28)23-13-7-10-26(11-13)18-15(20)3-2-4-16(18)21/h2-4,13-14,22H,5-11H2,1H3,(H,23,28). The topological polar surface area (TPSA) is 75.1 Å². The number of aromatic nitrogens is 3. The van der Waals surface area contributed by atoms with E-state index in [1.807, 2.05) is 11.6 Å². The zero-order valence-corrected chi connectivity index (χ0v) is 15.8. The molecule has 2 aliphatic rings. The summed E-state index contributed by atoms with van der Waals surface area (Å²) in [6, 6.07) is 3.88. The molecule has 2 N–H and O–H groups in total. The first kappa shape index (κ1) is 18.8. The number of halogens is 2. The number of anilines is 1. The quantitative estimate of drug-likeness (QED) is 0.833. The minimum atomic E-state index is -0.590. The van der Waals surface area contributed by atoms with Gasteiger partial charge in [0.15, 0.2) is 5.69 Å². The highest BCUT2D eigenvalue weighted by Crippen LogP contribution is 2.27. The summed E-state index contributed by atoms with van der Waals surface area (Å²) in [7, 11) is 0. The second-order valence-corrected chi connectivity index (χ2v) is 7.42. The van der Waals surface area contributed by atoms with E-state index in [1.54, 1.807) is 4.90 Å². The number of nitrogens with one attached hydrogen (secondary N) is 2. The molecule has 7 nitrogen and oxygen atoms in total. The average molecular weight is 390 g/mol. The number of carbonyl (C=O) groups excluding carboxylic acids is 1. The Kier molecular flexibility index (Phi) is 5.25. The highest BCUT2D eigenvalue weighted by molar-refractivity contribution is 5.93. The van der Waals surface area contributed by atoms with Crippen LogP contribution in [0.4, 0.5) is 14.5 Å². The predicted octanol–water partition coefficient (Wildman–Crippen LogP) is 1.80. The molecular weight excluding hydrogens is 366 g/mol. The van der Waals surface area contributed by atoms with Gasteiger partial charge in [-0.3, -0.25) is 4.79 Å². The van der Waals surface area contributed by atoms with E-state index >= 15 is 0 Å². The van der Waals surface area contributed by atoms with E-state index in [1.165, 1.54) is 18.2 Å². The SMILES string of the molecule is Cc1c(C(=O)NC2CCN(c3c(F)cccc3F)C2)nnn1C1CCNCC1. The van der Waals surface area contributed by atoms with Crippen molar-refractivity contribution in [1.29, 1.82) is 0 Å². The molecule has 2 aromatic rings. The van der Waals surface area contributed by atoms with Crippen molar-refractivity contribution in [2.75, 3.05) is 31.1 Å². The largest absolute Gasteiger partial charge is 0.365 e. The van der Waals surface area contributed by atoms with E-state index in [9.17, 15) is 13.6 Å². The van der Waals surface area contributed by atoms with Crippen LogP contribution in [-0.2, 0) is 0 Å². The molecule has 2 saturated heterocycles. The van der Waals surface area contributed by atoms with Crippen LogP contribution in [0.25, 0.3) is 0 Å². The summed E-state index contributed by atoms with van der Waals surface area (Å²) in [4.78, 5) is 14.3. The van der Waals surface area contributed by atoms with Gasteiger partial charge in [-0.05, 0) is 51.4 Å². The molecule has 150 valence electrons. The number of nitrogens with zero attached hydrogens (tertiary/aromatic N) is 4. The van der Waals surface area contributed by atoms with Crippen LogP contribution < -0.4 is 15.5 Å². The Balaban J connectivity index is 1.41. The van der Waals surface area contributed by atoms with Crippen molar-refractivity contribution < 1.29 is 13.6 Å². The number of benzene rings is 1. The molecular formula is C19H24F2N6O.